The average Bonchev–Trinajstić information content (AvgIpc) is 2.21. The predicted octanol–water partition coefficient (Wildman–Crippen LogP) is 2.60. The van der Waals surface area contributed by atoms with Crippen molar-refractivity contribution in [2.45, 2.75) is 13.8 Å². The van der Waals surface area contributed by atoms with Crippen LogP contribution in [0.15, 0.2) is 36.4 Å². The fourth-order valence-electron chi connectivity index (χ4n) is 1.18. The monoisotopic (exact) mass is 205 g/mol. The van der Waals surface area contributed by atoms with Gasteiger partial charge in [-0.05, 0) is 32.1 Å². The summed E-state index contributed by atoms with van der Waals surface area (Å²) in [5.74, 6) is 0.544. The number of nitrogens with one attached hydrogen (secondary N) is 1. The summed E-state index contributed by atoms with van der Waals surface area (Å²) in [6.07, 6.45) is 3.17. The number of para-hydroxylation sites is 2. The maximum absolute atomic E-state index is 11.3. The second kappa shape index (κ2) is 5.86. The van der Waals surface area contributed by atoms with Gasteiger partial charge < -0.3 is 10.1 Å². The highest BCUT2D eigenvalue weighted by Crippen LogP contribution is 2.23. The average molecular weight is 205 g/mol. The molecule has 80 valence electrons. The van der Waals surface area contributed by atoms with Gasteiger partial charge in [0.15, 0.2) is 0 Å². The van der Waals surface area contributed by atoms with E-state index in [-0.39, 0.29) is 5.91 Å². The van der Waals surface area contributed by atoms with Crippen LogP contribution in [0.3, 0.4) is 0 Å². The Kier molecular flexibility index (Phi) is 4.41. The SMILES string of the molecule is C/C=C/C(=O)Nc1ccccc1OCC. The second-order valence-electron chi connectivity index (χ2n) is 2.92. The lowest BCUT2D eigenvalue weighted by atomic mass is 10.3. The summed E-state index contributed by atoms with van der Waals surface area (Å²) >= 11 is 0. The second-order valence-corrected chi connectivity index (χ2v) is 2.92. The fourth-order valence-corrected chi connectivity index (χ4v) is 1.18. The van der Waals surface area contributed by atoms with E-state index in [9.17, 15) is 4.79 Å². The van der Waals surface area contributed by atoms with E-state index >= 15 is 0 Å². The van der Waals surface area contributed by atoms with E-state index in [1.165, 1.54) is 6.08 Å². The molecular formula is C12H15NO2. The molecule has 0 unspecified atom stereocenters. The van der Waals surface area contributed by atoms with Crippen LogP contribution in [0, 0.1) is 0 Å². The summed E-state index contributed by atoms with van der Waals surface area (Å²) in [7, 11) is 0. The van der Waals surface area contributed by atoms with Crippen LogP contribution in [0.5, 0.6) is 5.75 Å². The highest BCUT2D eigenvalue weighted by Gasteiger charge is 2.03. The Labute approximate surface area is 89.8 Å². The summed E-state index contributed by atoms with van der Waals surface area (Å²) in [5, 5.41) is 2.75. The van der Waals surface area contributed by atoms with Gasteiger partial charge in [0, 0.05) is 0 Å². The van der Waals surface area contributed by atoms with E-state index in [4.69, 9.17) is 4.74 Å². The Morgan fingerprint density at radius 2 is 2.20 bits per heavy atom. The Hall–Kier alpha value is -1.77. The van der Waals surface area contributed by atoms with E-state index in [1.807, 2.05) is 31.2 Å². The van der Waals surface area contributed by atoms with Crippen molar-refractivity contribution in [1.82, 2.24) is 0 Å². The highest BCUT2D eigenvalue weighted by atomic mass is 16.5. The van der Waals surface area contributed by atoms with Gasteiger partial charge in [-0.15, -0.1) is 0 Å². The minimum atomic E-state index is -0.148. The molecule has 0 radical (unpaired) electrons. The number of hydrogen-bond donors (Lipinski definition) is 1. The number of amides is 1. The summed E-state index contributed by atoms with van der Waals surface area (Å²) in [6, 6.07) is 7.37. The number of carbonyl (C=O) groups is 1. The number of benzene rings is 1. The lowest BCUT2D eigenvalue weighted by Crippen LogP contribution is -2.09. The molecule has 0 bridgehead atoms. The Balaban J connectivity index is 2.79. The van der Waals surface area contributed by atoms with Crippen molar-refractivity contribution in [2.24, 2.45) is 0 Å². The Morgan fingerprint density at radius 3 is 2.87 bits per heavy atom. The number of anilines is 1. The summed E-state index contributed by atoms with van der Waals surface area (Å²) in [6.45, 7) is 4.29. The molecule has 1 amide bonds. The van der Waals surface area contributed by atoms with Crippen LogP contribution in [-0.4, -0.2) is 12.5 Å². The van der Waals surface area contributed by atoms with E-state index in [2.05, 4.69) is 5.32 Å². The maximum Gasteiger partial charge on any atom is 0.248 e. The predicted molar refractivity (Wildman–Crippen MR) is 61.1 cm³/mol. The van der Waals surface area contributed by atoms with Crippen molar-refractivity contribution in [3.05, 3.63) is 36.4 Å². The summed E-state index contributed by atoms with van der Waals surface area (Å²) < 4.78 is 5.38. The van der Waals surface area contributed by atoms with Crippen LogP contribution >= 0.6 is 0 Å². The molecule has 15 heavy (non-hydrogen) atoms. The standard InChI is InChI=1S/C12H15NO2/c1-3-7-12(14)13-10-8-5-6-9-11(10)15-4-2/h3,5-9H,4H2,1-2H3,(H,13,14)/b7-3+. The van der Waals surface area contributed by atoms with Crippen LogP contribution in [-0.2, 0) is 4.79 Å². The van der Waals surface area contributed by atoms with Gasteiger partial charge in [-0.1, -0.05) is 18.2 Å². The molecule has 0 saturated carbocycles. The van der Waals surface area contributed by atoms with Crippen LogP contribution in [0.1, 0.15) is 13.8 Å². The molecule has 3 heteroatoms. The van der Waals surface area contributed by atoms with Gasteiger partial charge in [0.1, 0.15) is 5.75 Å². The van der Waals surface area contributed by atoms with E-state index < -0.39 is 0 Å². The molecule has 1 N–H and O–H groups in total. The van der Waals surface area contributed by atoms with Crippen molar-refractivity contribution in [3.8, 4) is 5.75 Å². The Morgan fingerprint density at radius 1 is 1.47 bits per heavy atom. The molecule has 1 aromatic rings. The molecule has 0 spiro atoms. The van der Waals surface area contributed by atoms with Crippen molar-refractivity contribution >= 4 is 11.6 Å². The number of rotatable bonds is 4. The zero-order valence-electron chi connectivity index (χ0n) is 8.99. The van der Waals surface area contributed by atoms with Crippen molar-refractivity contribution in [2.75, 3.05) is 11.9 Å². The minimum absolute atomic E-state index is 0.148. The molecule has 0 aliphatic rings. The molecule has 0 aromatic heterocycles. The van der Waals surface area contributed by atoms with Gasteiger partial charge in [-0.25, -0.2) is 0 Å². The molecule has 3 nitrogen and oxygen atoms in total. The van der Waals surface area contributed by atoms with Gasteiger partial charge in [0.25, 0.3) is 0 Å². The number of carbonyl (C=O) groups excluding carboxylic acids is 1. The maximum atomic E-state index is 11.3. The third kappa shape index (κ3) is 3.46. The number of allylic oxidation sites excluding steroid dienone is 1. The molecule has 1 aromatic carbocycles. The van der Waals surface area contributed by atoms with E-state index in [1.54, 1.807) is 13.0 Å². The largest absolute Gasteiger partial charge is 0.492 e. The van der Waals surface area contributed by atoms with Crippen molar-refractivity contribution in [3.63, 3.8) is 0 Å². The van der Waals surface area contributed by atoms with Crippen LogP contribution < -0.4 is 10.1 Å². The molecule has 0 atom stereocenters. The first-order chi connectivity index (χ1) is 7.27. The molecule has 0 aliphatic carbocycles. The van der Waals surface area contributed by atoms with Crippen molar-refractivity contribution < 1.29 is 9.53 Å². The molecule has 0 aliphatic heterocycles. The summed E-state index contributed by atoms with van der Waals surface area (Å²) in [4.78, 5) is 11.3. The molecule has 1 rings (SSSR count). The van der Waals surface area contributed by atoms with E-state index in [0.29, 0.717) is 18.0 Å². The smallest absolute Gasteiger partial charge is 0.248 e. The number of ether oxygens (including phenoxy) is 1. The first kappa shape index (κ1) is 11.3. The quantitative estimate of drug-likeness (QED) is 0.767. The Bertz CT molecular complexity index is 358. The van der Waals surface area contributed by atoms with Gasteiger partial charge in [-0.2, -0.15) is 0 Å². The molecule has 0 saturated heterocycles. The lowest BCUT2D eigenvalue weighted by molar-refractivity contribution is -0.111. The van der Waals surface area contributed by atoms with Gasteiger partial charge in [0.2, 0.25) is 5.91 Å². The zero-order chi connectivity index (χ0) is 11.1. The topological polar surface area (TPSA) is 38.3 Å². The van der Waals surface area contributed by atoms with Crippen molar-refractivity contribution in [1.29, 1.82) is 0 Å². The van der Waals surface area contributed by atoms with Crippen LogP contribution in [0.2, 0.25) is 0 Å². The highest BCUT2D eigenvalue weighted by molar-refractivity contribution is 6.00. The molecular weight excluding hydrogens is 190 g/mol. The van der Waals surface area contributed by atoms with Gasteiger partial charge >= 0.3 is 0 Å². The third-order valence-corrected chi connectivity index (χ3v) is 1.76. The van der Waals surface area contributed by atoms with Crippen LogP contribution in [0.25, 0.3) is 0 Å². The fraction of sp³-hybridized carbons (Fsp3) is 0.250. The van der Waals surface area contributed by atoms with Gasteiger partial charge in [-0.3, -0.25) is 4.79 Å². The van der Waals surface area contributed by atoms with Crippen LogP contribution in [0.4, 0.5) is 5.69 Å². The zero-order valence-corrected chi connectivity index (χ0v) is 8.99. The summed E-state index contributed by atoms with van der Waals surface area (Å²) in [5.41, 5.74) is 0.697. The first-order valence-electron chi connectivity index (χ1n) is 4.93. The molecule has 0 heterocycles. The lowest BCUT2D eigenvalue weighted by Gasteiger charge is -2.09. The van der Waals surface area contributed by atoms with E-state index in [0.717, 1.165) is 0 Å². The minimum Gasteiger partial charge on any atom is -0.492 e. The molecule has 0 fully saturated rings. The first-order valence-corrected chi connectivity index (χ1v) is 4.93. The normalized spacial score (nSPS) is 10.3. The third-order valence-electron chi connectivity index (χ3n) is 1.76. The van der Waals surface area contributed by atoms with Gasteiger partial charge in [0.05, 0.1) is 12.3 Å². The number of hydrogen-bond acceptors (Lipinski definition) is 2.